The summed E-state index contributed by atoms with van der Waals surface area (Å²) in [6.07, 6.45) is 8.94. The number of carbonyl (C=O) groups is 1. The van der Waals surface area contributed by atoms with Crippen LogP contribution in [0.15, 0.2) is 0 Å². The Labute approximate surface area is 98.2 Å². The maximum Gasteiger partial charge on any atom is 0.226 e. The number of nitrogens with one attached hydrogen (secondary N) is 1. The topological polar surface area (TPSA) is 55.1 Å². The van der Waals surface area contributed by atoms with Gasteiger partial charge in [0.25, 0.3) is 0 Å². The van der Waals surface area contributed by atoms with E-state index in [2.05, 4.69) is 12.2 Å². The summed E-state index contributed by atoms with van der Waals surface area (Å²) >= 11 is 0. The summed E-state index contributed by atoms with van der Waals surface area (Å²) in [6, 6.07) is 0. The molecule has 3 heteroatoms. The zero-order valence-electron chi connectivity index (χ0n) is 10.3. The molecule has 2 aliphatic rings. The predicted octanol–water partition coefficient (Wildman–Crippen LogP) is 1.95. The van der Waals surface area contributed by atoms with E-state index in [4.69, 9.17) is 5.73 Å². The van der Waals surface area contributed by atoms with Crippen LogP contribution in [-0.4, -0.2) is 18.0 Å². The highest BCUT2D eigenvalue weighted by atomic mass is 16.2. The summed E-state index contributed by atoms with van der Waals surface area (Å²) < 4.78 is 0. The van der Waals surface area contributed by atoms with E-state index < -0.39 is 0 Å². The van der Waals surface area contributed by atoms with Crippen LogP contribution in [0.4, 0.5) is 0 Å². The second-order valence-electron chi connectivity index (χ2n) is 5.74. The van der Waals surface area contributed by atoms with E-state index in [0.29, 0.717) is 6.54 Å². The molecule has 0 bridgehead atoms. The largest absolute Gasteiger partial charge is 0.354 e. The van der Waals surface area contributed by atoms with Crippen molar-refractivity contribution in [2.75, 3.05) is 6.54 Å². The Balaban J connectivity index is 1.80. The summed E-state index contributed by atoms with van der Waals surface area (Å²) in [5.74, 6) is 0.241. The molecular weight excluding hydrogens is 200 g/mol. The van der Waals surface area contributed by atoms with Gasteiger partial charge in [-0.2, -0.15) is 0 Å². The zero-order valence-corrected chi connectivity index (χ0v) is 10.3. The summed E-state index contributed by atoms with van der Waals surface area (Å²) in [5.41, 5.74) is 6.15. The molecule has 0 aromatic rings. The van der Waals surface area contributed by atoms with Crippen molar-refractivity contribution in [3.05, 3.63) is 0 Å². The second kappa shape index (κ2) is 4.36. The van der Waals surface area contributed by atoms with Crippen molar-refractivity contribution in [3.63, 3.8) is 0 Å². The molecule has 0 heterocycles. The second-order valence-corrected chi connectivity index (χ2v) is 5.74. The van der Waals surface area contributed by atoms with Gasteiger partial charge in [0, 0.05) is 17.5 Å². The average molecular weight is 224 g/mol. The monoisotopic (exact) mass is 224 g/mol. The van der Waals surface area contributed by atoms with Crippen LogP contribution in [0, 0.1) is 5.41 Å². The standard InChI is InChI=1S/C13H24N2O/c1-2-12(8-9-12)11(16)15-10-13(14)6-4-3-5-7-13/h2-10,14H2,1H3,(H,15,16). The Morgan fingerprint density at radius 2 is 1.81 bits per heavy atom. The van der Waals surface area contributed by atoms with Gasteiger partial charge >= 0.3 is 0 Å². The molecule has 2 fully saturated rings. The van der Waals surface area contributed by atoms with Crippen molar-refractivity contribution in [2.24, 2.45) is 11.1 Å². The van der Waals surface area contributed by atoms with Crippen LogP contribution < -0.4 is 11.1 Å². The highest BCUT2D eigenvalue weighted by molar-refractivity contribution is 5.85. The number of carbonyl (C=O) groups excluding carboxylic acids is 1. The molecule has 16 heavy (non-hydrogen) atoms. The van der Waals surface area contributed by atoms with E-state index in [-0.39, 0.29) is 16.9 Å². The molecule has 0 radical (unpaired) electrons. The van der Waals surface area contributed by atoms with Gasteiger partial charge in [0.15, 0.2) is 0 Å². The molecule has 92 valence electrons. The summed E-state index contributed by atoms with van der Waals surface area (Å²) in [4.78, 5) is 12.0. The van der Waals surface area contributed by atoms with Crippen LogP contribution in [0.25, 0.3) is 0 Å². The van der Waals surface area contributed by atoms with Crippen LogP contribution in [0.1, 0.15) is 58.3 Å². The molecule has 3 nitrogen and oxygen atoms in total. The molecule has 0 aliphatic heterocycles. The lowest BCUT2D eigenvalue weighted by molar-refractivity contribution is -0.126. The van der Waals surface area contributed by atoms with Gasteiger partial charge in [-0.1, -0.05) is 26.2 Å². The van der Waals surface area contributed by atoms with Gasteiger partial charge in [-0.15, -0.1) is 0 Å². The molecule has 0 atom stereocenters. The van der Waals surface area contributed by atoms with Gasteiger partial charge in [0.05, 0.1) is 0 Å². The highest BCUT2D eigenvalue weighted by Crippen LogP contribution is 2.48. The first-order chi connectivity index (χ1) is 7.60. The molecule has 2 saturated carbocycles. The lowest BCUT2D eigenvalue weighted by Gasteiger charge is -2.34. The minimum absolute atomic E-state index is 0.0228. The minimum Gasteiger partial charge on any atom is -0.354 e. The highest BCUT2D eigenvalue weighted by Gasteiger charge is 2.48. The van der Waals surface area contributed by atoms with E-state index in [9.17, 15) is 4.79 Å². The molecule has 0 unspecified atom stereocenters. The lowest BCUT2D eigenvalue weighted by atomic mass is 9.82. The van der Waals surface area contributed by atoms with Gasteiger partial charge in [0.1, 0.15) is 0 Å². The van der Waals surface area contributed by atoms with Crippen molar-refractivity contribution in [1.82, 2.24) is 5.32 Å². The first-order valence-electron chi connectivity index (χ1n) is 6.67. The number of nitrogens with two attached hydrogens (primary N) is 1. The van der Waals surface area contributed by atoms with Crippen molar-refractivity contribution >= 4 is 5.91 Å². The molecular formula is C13H24N2O. The van der Waals surface area contributed by atoms with Gasteiger partial charge in [-0.05, 0) is 32.1 Å². The van der Waals surface area contributed by atoms with Gasteiger partial charge in [0.2, 0.25) is 5.91 Å². The number of rotatable bonds is 4. The normalized spacial score (nSPS) is 26.1. The fraction of sp³-hybridized carbons (Fsp3) is 0.923. The van der Waals surface area contributed by atoms with Crippen LogP contribution in [0.3, 0.4) is 0 Å². The molecule has 3 N–H and O–H groups in total. The zero-order chi connectivity index (χ0) is 11.6. The van der Waals surface area contributed by atoms with E-state index in [0.717, 1.165) is 32.1 Å². The maximum absolute atomic E-state index is 12.0. The number of hydrogen-bond donors (Lipinski definition) is 2. The van der Waals surface area contributed by atoms with Crippen LogP contribution in [-0.2, 0) is 4.79 Å². The predicted molar refractivity (Wildman–Crippen MR) is 65.0 cm³/mol. The molecule has 0 aromatic heterocycles. The Hall–Kier alpha value is -0.570. The van der Waals surface area contributed by atoms with Crippen LogP contribution in [0.2, 0.25) is 0 Å². The van der Waals surface area contributed by atoms with Crippen molar-refractivity contribution < 1.29 is 4.79 Å². The third kappa shape index (κ3) is 2.40. The number of hydrogen-bond acceptors (Lipinski definition) is 2. The van der Waals surface area contributed by atoms with Crippen molar-refractivity contribution in [3.8, 4) is 0 Å². The van der Waals surface area contributed by atoms with E-state index >= 15 is 0 Å². The minimum atomic E-state index is -0.127. The SMILES string of the molecule is CCC1(C(=O)NCC2(N)CCCCC2)CC1. The maximum atomic E-state index is 12.0. The average Bonchev–Trinajstić information content (AvgIpc) is 3.08. The molecule has 2 aliphatic carbocycles. The third-order valence-electron chi connectivity index (χ3n) is 4.46. The Kier molecular flexibility index (Phi) is 3.24. The van der Waals surface area contributed by atoms with Crippen molar-refractivity contribution in [2.45, 2.75) is 63.8 Å². The molecule has 0 aromatic carbocycles. The Morgan fingerprint density at radius 1 is 1.19 bits per heavy atom. The van der Waals surface area contributed by atoms with E-state index in [1.54, 1.807) is 0 Å². The van der Waals surface area contributed by atoms with E-state index in [1.807, 2.05) is 0 Å². The van der Waals surface area contributed by atoms with Crippen LogP contribution >= 0.6 is 0 Å². The third-order valence-corrected chi connectivity index (χ3v) is 4.46. The van der Waals surface area contributed by atoms with E-state index in [1.165, 1.54) is 19.3 Å². The smallest absolute Gasteiger partial charge is 0.226 e. The Bertz CT molecular complexity index is 265. The fourth-order valence-electron chi connectivity index (χ4n) is 2.77. The Morgan fingerprint density at radius 3 is 2.31 bits per heavy atom. The molecule has 2 rings (SSSR count). The van der Waals surface area contributed by atoms with Crippen LogP contribution in [0.5, 0.6) is 0 Å². The van der Waals surface area contributed by atoms with Gasteiger partial charge < -0.3 is 11.1 Å². The molecule has 1 amide bonds. The fourth-order valence-corrected chi connectivity index (χ4v) is 2.77. The summed E-state index contributed by atoms with van der Waals surface area (Å²) in [7, 11) is 0. The van der Waals surface area contributed by atoms with Gasteiger partial charge in [-0.25, -0.2) is 0 Å². The molecule has 0 saturated heterocycles. The van der Waals surface area contributed by atoms with Crippen molar-refractivity contribution in [1.29, 1.82) is 0 Å². The number of amides is 1. The quantitative estimate of drug-likeness (QED) is 0.767. The van der Waals surface area contributed by atoms with Gasteiger partial charge in [-0.3, -0.25) is 4.79 Å². The summed E-state index contributed by atoms with van der Waals surface area (Å²) in [6.45, 7) is 2.78. The first kappa shape index (κ1) is 11.9. The first-order valence-corrected chi connectivity index (χ1v) is 6.67. The molecule has 0 spiro atoms. The lowest BCUT2D eigenvalue weighted by Crippen LogP contribution is -2.52. The summed E-state index contributed by atoms with van der Waals surface area (Å²) in [5, 5.41) is 3.08.